The third kappa shape index (κ3) is 2.51. The van der Waals surface area contributed by atoms with Crippen LogP contribution >= 0.6 is 11.6 Å². The minimum atomic E-state index is -0.327. The number of nitrogens with one attached hydrogen (secondary N) is 1. The van der Waals surface area contributed by atoms with Crippen LogP contribution in [0.1, 0.15) is 12.0 Å². The Balaban J connectivity index is 2.79. The van der Waals surface area contributed by atoms with Crippen LogP contribution in [0.3, 0.4) is 0 Å². The minimum Gasteiger partial charge on any atom is -0.397 e. The van der Waals surface area contributed by atoms with Crippen molar-refractivity contribution in [2.75, 3.05) is 24.3 Å². The lowest BCUT2D eigenvalue weighted by Gasteiger charge is -2.12. The molecule has 2 nitrogen and oxygen atoms in total. The number of alkyl halides is 1. The fraction of sp³-hybridized carbons (Fsp3) is 0.400. The number of nitrogens with two attached hydrogens (primary N) is 1. The number of benzene rings is 1. The molecule has 78 valence electrons. The SMILES string of the molecule is Cc1c(Cl)ccc(N)c1NCCCF. The number of halogens is 2. The zero-order valence-electron chi connectivity index (χ0n) is 8.11. The van der Waals surface area contributed by atoms with Crippen molar-refractivity contribution in [3.63, 3.8) is 0 Å². The zero-order valence-corrected chi connectivity index (χ0v) is 8.87. The van der Waals surface area contributed by atoms with E-state index in [9.17, 15) is 4.39 Å². The third-order valence-electron chi connectivity index (χ3n) is 2.04. The molecule has 0 aliphatic rings. The van der Waals surface area contributed by atoms with E-state index in [1.54, 1.807) is 12.1 Å². The maximum absolute atomic E-state index is 11.9. The van der Waals surface area contributed by atoms with E-state index in [1.165, 1.54) is 0 Å². The van der Waals surface area contributed by atoms with Gasteiger partial charge in [0.15, 0.2) is 0 Å². The van der Waals surface area contributed by atoms with Crippen LogP contribution in [0.15, 0.2) is 12.1 Å². The maximum Gasteiger partial charge on any atom is 0.0911 e. The van der Waals surface area contributed by atoms with Crippen LogP contribution in [0.4, 0.5) is 15.8 Å². The van der Waals surface area contributed by atoms with Crippen molar-refractivity contribution in [2.45, 2.75) is 13.3 Å². The van der Waals surface area contributed by atoms with Crippen LogP contribution in [0, 0.1) is 6.92 Å². The highest BCUT2D eigenvalue weighted by Gasteiger charge is 2.05. The average Bonchev–Trinajstić information content (AvgIpc) is 2.18. The molecule has 0 amide bonds. The van der Waals surface area contributed by atoms with E-state index in [-0.39, 0.29) is 6.67 Å². The summed E-state index contributed by atoms with van der Waals surface area (Å²) in [7, 11) is 0. The molecule has 0 heterocycles. The van der Waals surface area contributed by atoms with Gasteiger partial charge >= 0.3 is 0 Å². The van der Waals surface area contributed by atoms with Crippen LogP contribution in [-0.2, 0) is 0 Å². The van der Waals surface area contributed by atoms with Gasteiger partial charge in [-0.15, -0.1) is 0 Å². The van der Waals surface area contributed by atoms with Crippen molar-refractivity contribution in [2.24, 2.45) is 0 Å². The second kappa shape index (κ2) is 5.05. The Bertz CT molecular complexity index is 315. The van der Waals surface area contributed by atoms with Crippen LogP contribution < -0.4 is 11.1 Å². The standard InChI is InChI=1S/C10H14ClFN2/c1-7-8(11)3-4-9(13)10(7)14-6-2-5-12/h3-4,14H,2,5-6,13H2,1H3. The molecule has 0 bridgehead atoms. The predicted molar refractivity (Wildman–Crippen MR) is 59.7 cm³/mol. The molecule has 0 aromatic heterocycles. The smallest absolute Gasteiger partial charge is 0.0911 e. The highest BCUT2D eigenvalue weighted by molar-refractivity contribution is 6.31. The van der Waals surface area contributed by atoms with Crippen molar-refractivity contribution >= 4 is 23.0 Å². The summed E-state index contributed by atoms with van der Waals surface area (Å²) in [6, 6.07) is 3.50. The highest BCUT2D eigenvalue weighted by atomic mass is 35.5. The third-order valence-corrected chi connectivity index (χ3v) is 2.45. The van der Waals surface area contributed by atoms with Gasteiger partial charge in [0, 0.05) is 11.6 Å². The van der Waals surface area contributed by atoms with Crippen LogP contribution in [0.5, 0.6) is 0 Å². The first-order valence-electron chi connectivity index (χ1n) is 4.51. The van der Waals surface area contributed by atoms with Gasteiger partial charge < -0.3 is 11.1 Å². The molecule has 0 saturated heterocycles. The highest BCUT2D eigenvalue weighted by Crippen LogP contribution is 2.29. The van der Waals surface area contributed by atoms with Crippen LogP contribution in [0.2, 0.25) is 5.02 Å². The molecule has 0 unspecified atom stereocenters. The zero-order chi connectivity index (χ0) is 10.6. The molecular formula is C10H14ClFN2. The monoisotopic (exact) mass is 216 g/mol. The molecule has 1 aromatic rings. The van der Waals surface area contributed by atoms with E-state index >= 15 is 0 Å². The summed E-state index contributed by atoms with van der Waals surface area (Å²) in [5, 5.41) is 3.74. The number of hydrogen-bond donors (Lipinski definition) is 2. The van der Waals surface area contributed by atoms with Gasteiger partial charge in [-0.2, -0.15) is 0 Å². The lowest BCUT2D eigenvalue weighted by molar-refractivity contribution is 0.481. The molecule has 3 N–H and O–H groups in total. The molecule has 0 fully saturated rings. The van der Waals surface area contributed by atoms with Crippen molar-refractivity contribution in [3.8, 4) is 0 Å². The molecule has 1 aromatic carbocycles. The number of hydrogen-bond acceptors (Lipinski definition) is 2. The van der Waals surface area contributed by atoms with Crippen molar-refractivity contribution in [3.05, 3.63) is 22.7 Å². The molecule has 0 saturated carbocycles. The Kier molecular flexibility index (Phi) is 4.01. The Morgan fingerprint density at radius 2 is 2.21 bits per heavy atom. The van der Waals surface area contributed by atoms with Gasteiger partial charge in [-0.1, -0.05) is 11.6 Å². The Morgan fingerprint density at radius 1 is 1.50 bits per heavy atom. The Labute approximate surface area is 88.2 Å². The number of rotatable bonds is 4. The second-order valence-electron chi connectivity index (χ2n) is 3.11. The van der Waals surface area contributed by atoms with Gasteiger partial charge in [0.2, 0.25) is 0 Å². The van der Waals surface area contributed by atoms with Gasteiger partial charge in [0.25, 0.3) is 0 Å². The van der Waals surface area contributed by atoms with E-state index in [4.69, 9.17) is 17.3 Å². The average molecular weight is 217 g/mol. The first-order valence-corrected chi connectivity index (χ1v) is 4.89. The molecule has 0 spiro atoms. The normalized spacial score (nSPS) is 10.2. The van der Waals surface area contributed by atoms with E-state index in [0.29, 0.717) is 23.7 Å². The predicted octanol–water partition coefficient (Wildman–Crippen LogP) is 3.00. The summed E-state index contributed by atoms with van der Waals surface area (Å²) in [6.45, 7) is 2.13. The molecule has 1 rings (SSSR count). The van der Waals surface area contributed by atoms with E-state index in [1.807, 2.05) is 6.92 Å². The van der Waals surface area contributed by atoms with Gasteiger partial charge in [-0.3, -0.25) is 4.39 Å². The lowest BCUT2D eigenvalue weighted by Crippen LogP contribution is -2.06. The molecule has 0 radical (unpaired) electrons. The largest absolute Gasteiger partial charge is 0.397 e. The van der Waals surface area contributed by atoms with E-state index in [0.717, 1.165) is 11.3 Å². The Hall–Kier alpha value is -0.960. The van der Waals surface area contributed by atoms with Gasteiger partial charge in [-0.05, 0) is 31.0 Å². The summed E-state index contributed by atoms with van der Waals surface area (Å²) < 4.78 is 11.9. The quantitative estimate of drug-likeness (QED) is 0.600. The van der Waals surface area contributed by atoms with Crippen LogP contribution in [0.25, 0.3) is 0 Å². The number of nitrogen functional groups attached to an aromatic ring is 1. The first kappa shape index (κ1) is 11.1. The fourth-order valence-electron chi connectivity index (χ4n) is 1.22. The van der Waals surface area contributed by atoms with E-state index in [2.05, 4.69) is 5.32 Å². The fourth-order valence-corrected chi connectivity index (χ4v) is 1.38. The molecule has 0 aliphatic carbocycles. The van der Waals surface area contributed by atoms with Crippen molar-refractivity contribution < 1.29 is 4.39 Å². The number of anilines is 2. The summed E-state index contributed by atoms with van der Waals surface area (Å²) in [5.74, 6) is 0. The van der Waals surface area contributed by atoms with Gasteiger partial charge in [0.1, 0.15) is 0 Å². The topological polar surface area (TPSA) is 38.0 Å². The molecule has 0 atom stereocenters. The van der Waals surface area contributed by atoms with E-state index < -0.39 is 0 Å². The van der Waals surface area contributed by atoms with Gasteiger partial charge in [-0.25, -0.2) is 0 Å². The molecule has 14 heavy (non-hydrogen) atoms. The second-order valence-corrected chi connectivity index (χ2v) is 3.51. The van der Waals surface area contributed by atoms with Crippen molar-refractivity contribution in [1.82, 2.24) is 0 Å². The van der Waals surface area contributed by atoms with Crippen molar-refractivity contribution in [1.29, 1.82) is 0 Å². The lowest BCUT2D eigenvalue weighted by atomic mass is 10.1. The molecule has 0 aliphatic heterocycles. The first-order chi connectivity index (χ1) is 6.66. The summed E-state index contributed by atoms with van der Waals surface area (Å²) in [6.07, 6.45) is 0.478. The molecule has 4 heteroatoms. The van der Waals surface area contributed by atoms with Gasteiger partial charge in [0.05, 0.1) is 18.0 Å². The Morgan fingerprint density at radius 3 is 2.86 bits per heavy atom. The summed E-state index contributed by atoms with van der Waals surface area (Å²) in [5.41, 5.74) is 8.12. The van der Waals surface area contributed by atoms with Crippen LogP contribution in [-0.4, -0.2) is 13.2 Å². The maximum atomic E-state index is 11.9. The summed E-state index contributed by atoms with van der Waals surface area (Å²) in [4.78, 5) is 0. The molecular weight excluding hydrogens is 203 g/mol. The minimum absolute atomic E-state index is 0.327. The summed E-state index contributed by atoms with van der Waals surface area (Å²) >= 11 is 5.93.